The second-order valence-corrected chi connectivity index (χ2v) is 6.12. The summed E-state index contributed by atoms with van der Waals surface area (Å²) >= 11 is 5.89. The highest BCUT2D eigenvalue weighted by Crippen LogP contribution is 2.31. The summed E-state index contributed by atoms with van der Waals surface area (Å²) in [5.41, 5.74) is -2.92. The van der Waals surface area contributed by atoms with Gasteiger partial charge in [0.1, 0.15) is 10.6 Å². The van der Waals surface area contributed by atoms with Crippen LogP contribution in [0.2, 0.25) is 5.02 Å². The fourth-order valence-corrected chi connectivity index (χ4v) is 3.02. The van der Waals surface area contributed by atoms with E-state index in [4.69, 9.17) is 16.3 Å². The first-order chi connectivity index (χ1) is 13.7. The SMILES string of the molecule is CCOC(=O)c1cn(-c2ccc(F)c([N+](=O)[O-])c2)c2c(Cl)c(F)c(F)cc2c1=O. The molecule has 150 valence electrons. The second kappa shape index (κ2) is 7.55. The molecule has 7 nitrogen and oxygen atoms in total. The molecule has 0 amide bonds. The van der Waals surface area contributed by atoms with Gasteiger partial charge in [-0.25, -0.2) is 13.6 Å². The van der Waals surface area contributed by atoms with Gasteiger partial charge in [0.25, 0.3) is 0 Å². The van der Waals surface area contributed by atoms with Crippen molar-refractivity contribution in [2.45, 2.75) is 6.92 Å². The van der Waals surface area contributed by atoms with Crippen molar-refractivity contribution in [2.24, 2.45) is 0 Å². The molecule has 0 atom stereocenters. The number of halogens is 4. The zero-order valence-electron chi connectivity index (χ0n) is 14.5. The van der Waals surface area contributed by atoms with Gasteiger partial charge in [-0.1, -0.05) is 11.6 Å². The molecule has 0 aliphatic carbocycles. The van der Waals surface area contributed by atoms with Gasteiger partial charge in [0.2, 0.25) is 11.2 Å². The van der Waals surface area contributed by atoms with Crippen LogP contribution in [0.4, 0.5) is 18.9 Å². The molecule has 0 bridgehead atoms. The quantitative estimate of drug-likeness (QED) is 0.270. The number of benzene rings is 2. The Morgan fingerprint density at radius 2 is 1.93 bits per heavy atom. The Hall–Kier alpha value is -3.40. The van der Waals surface area contributed by atoms with Crippen molar-refractivity contribution >= 4 is 34.2 Å². The number of rotatable bonds is 4. The van der Waals surface area contributed by atoms with Crippen molar-refractivity contribution in [3.8, 4) is 5.69 Å². The second-order valence-electron chi connectivity index (χ2n) is 5.74. The van der Waals surface area contributed by atoms with Gasteiger partial charge < -0.3 is 9.30 Å². The Morgan fingerprint density at radius 1 is 1.24 bits per heavy atom. The van der Waals surface area contributed by atoms with Crippen molar-refractivity contribution in [3.05, 3.63) is 78.8 Å². The predicted octanol–water partition coefficient (Wildman–Crippen LogP) is 4.15. The maximum Gasteiger partial charge on any atom is 0.343 e. The highest BCUT2D eigenvalue weighted by atomic mass is 35.5. The third kappa shape index (κ3) is 3.42. The number of nitro groups is 1. The molecular weight excluding hydrogens is 417 g/mol. The van der Waals surface area contributed by atoms with E-state index in [0.717, 1.165) is 29.0 Å². The summed E-state index contributed by atoms with van der Waals surface area (Å²) < 4.78 is 47.4. The summed E-state index contributed by atoms with van der Waals surface area (Å²) in [5.74, 6) is -5.09. The Bertz CT molecular complexity index is 1240. The number of carbonyl (C=O) groups excluding carboxylic acids is 1. The maximum atomic E-state index is 14.1. The van der Waals surface area contributed by atoms with E-state index in [2.05, 4.69) is 0 Å². The molecule has 3 rings (SSSR count). The standard InChI is InChI=1S/C18H10ClF3N2O5/c1-2-29-18(26)10-7-23(8-3-4-11(20)13(5-8)24(27)28)16-9(17(10)25)6-12(21)15(22)14(16)19/h3-7H,2H2,1H3. The molecule has 2 aromatic carbocycles. The molecule has 0 aliphatic heterocycles. The number of hydrogen-bond acceptors (Lipinski definition) is 5. The summed E-state index contributed by atoms with van der Waals surface area (Å²) in [6, 6.07) is 3.20. The maximum absolute atomic E-state index is 14.1. The van der Waals surface area contributed by atoms with Gasteiger partial charge in [0.15, 0.2) is 11.6 Å². The number of pyridine rings is 1. The predicted molar refractivity (Wildman–Crippen MR) is 97.0 cm³/mol. The summed E-state index contributed by atoms with van der Waals surface area (Å²) in [7, 11) is 0. The molecule has 0 saturated carbocycles. The number of nitro benzene ring substituents is 1. The van der Waals surface area contributed by atoms with Crippen molar-refractivity contribution in [1.82, 2.24) is 4.57 Å². The number of esters is 1. The zero-order chi connectivity index (χ0) is 21.5. The van der Waals surface area contributed by atoms with Crippen molar-refractivity contribution in [1.29, 1.82) is 0 Å². The van der Waals surface area contributed by atoms with E-state index >= 15 is 0 Å². The number of ether oxygens (including phenoxy) is 1. The fraction of sp³-hybridized carbons (Fsp3) is 0.111. The molecule has 0 saturated heterocycles. The first kappa shape index (κ1) is 20.3. The summed E-state index contributed by atoms with van der Waals surface area (Å²) in [6.07, 6.45) is 0.919. The van der Waals surface area contributed by atoms with Gasteiger partial charge in [-0.15, -0.1) is 0 Å². The van der Waals surface area contributed by atoms with Crippen LogP contribution < -0.4 is 5.43 Å². The van der Waals surface area contributed by atoms with Crippen LogP contribution in [0.15, 0.2) is 35.3 Å². The Balaban J connectivity index is 2.48. The van der Waals surface area contributed by atoms with Crippen LogP contribution in [0.1, 0.15) is 17.3 Å². The lowest BCUT2D eigenvalue weighted by molar-refractivity contribution is -0.387. The number of nitrogens with zero attached hydrogens (tertiary/aromatic N) is 2. The van der Waals surface area contributed by atoms with Gasteiger partial charge in [0.05, 0.1) is 28.1 Å². The topological polar surface area (TPSA) is 91.4 Å². The van der Waals surface area contributed by atoms with Crippen molar-refractivity contribution in [3.63, 3.8) is 0 Å². The van der Waals surface area contributed by atoms with Crippen molar-refractivity contribution in [2.75, 3.05) is 6.61 Å². The van der Waals surface area contributed by atoms with E-state index < -0.39 is 55.4 Å². The molecule has 11 heteroatoms. The Kier molecular flexibility index (Phi) is 5.29. The lowest BCUT2D eigenvalue weighted by Crippen LogP contribution is -2.21. The smallest absolute Gasteiger partial charge is 0.343 e. The minimum atomic E-state index is -1.46. The Labute approximate surface area is 165 Å². The minimum absolute atomic E-state index is 0.0726. The zero-order valence-corrected chi connectivity index (χ0v) is 15.3. The first-order valence-corrected chi connectivity index (χ1v) is 8.39. The van der Waals surface area contributed by atoms with Crippen LogP contribution in [0, 0.1) is 27.6 Å². The molecule has 0 unspecified atom stereocenters. The Morgan fingerprint density at radius 3 is 2.55 bits per heavy atom. The molecule has 3 aromatic rings. The van der Waals surface area contributed by atoms with Gasteiger partial charge in [-0.2, -0.15) is 4.39 Å². The summed E-state index contributed by atoms with van der Waals surface area (Å²) in [6.45, 7) is 1.42. The number of hydrogen-bond donors (Lipinski definition) is 0. The van der Waals surface area contributed by atoms with Crippen molar-refractivity contribution < 1.29 is 27.6 Å². The van der Waals surface area contributed by atoms with Crippen LogP contribution in [0.5, 0.6) is 0 Å². The fourth-order valence-electron chi connectivity index (χ4n) is 2.74. The monoisotopic (exact) mass is 426 g/mol. The molecule has 0 spiro atoms. The van der Waals surface area contributed by atoms with Crippen LogP contribution >= 0.6 is 11.6 Å². The van der Waals surface area contributed by atoms with E-state index in [9.17, 15) is 32.9 Å². The van der Waals surface area contributed by atoms with Gasteiger partial charge in [-0.3, -0.25) is 14.9 Å². The van der Waals surface area contributed by atoms with Crippen LogP contribution in [0.25, 0.3) is 16.6 Å². The lowest BCUT2D eigenvalue weighted by atomic mass is 10.1. The molecular formula is C18H10ClF3N2O5. The van der Waals surface area contributed by atoms with E-state index in [1.807, 2.05) is 0 Å². The number of carbonyl (C=O) groups is 1. The summed E-state index contributed by atoms with van der Waals surface area (Å²) in [4.78, 5) is 34.9. The van der Waals surface area contributed by atoms with E-state index in [0.29, 0.717) is 6.07 Å². The molecule has 29 heavy (non-hydrogen) atoms. The molecule has 0 N–H and O–H groups in total. The average molecular weight is 427 g/mol. The van der Waals surface area contributed by atoms with Gasteiger partial charge in [-0.05, 0) is 25.1 Å². The average Bonchev–Trinajstić information content (AvgIpc) is 2.67. The summed E-state index contributed by atoms with van der Waals surface area (Å²) in [5, 5.41) is 9.79. The normalized spacial score (nSPS) is 10.9. The molecule has 1 heterocycles. The largest absolute Gasteiger partial charge is 0.462 e. The van der Waals surface area contributed by atoms with Crippen LogP contribution in [0.3, 0.4) is 0 Å². The van der Waals surface area contributed by atoms with E-state index in [1.165, 1.54) is 6.92 Å². The first-order valence-electron chi connectivity index (χ1n) is 8.01. The number of aromatic nitrogens is 1. The van der Waals surface area contributed by atoms with Gasteiger partial charge >= 0.3 is 11.7 Å². The van der Waals surface area contributed by atoms with E-state index in [1.54, 1.807) is 0 Å². The lowest BCUT2D eigenvalue weighted by Gasteiger charge is -2.15. The third-order valence-electron chi connectivity index (χ3n) is 4.02. The van der Waals surface area contributed by atoms with Crippen LogP contribution in [-0.4, -0.2) is 22.1 Å². The molecule has 1 aromatic heterocycles. The molecule has 0 fully saturated rings. The third-order valence-corrected chi connectivity index (χ3v) is 4.37. The molecule has 0 radical (unpaired) electrons. The highest BCUT2D eigenvalue weighted by molar-refractivity contribution is 6.35. The molecule has 0 aliphatic rings. The van der Waals surface area contributed by atoms with E-state index in [-0.39, 0.29) is 17.8 Å². The number of fused-ring (bicyclic) bond motifs is 1. The highest BCUT2D eigenvalue weighted by Gasteiger charge is 2.24. The van der Waals surface area contributed by atoms with Gasteiger partial charge in [0, 0.05) is 12.3 Å². The minimum Gasteiger partial charge on any atom is -0.462 e. The van der Waals surface area contributed by atoms with Crippen LogP contribution in [-0.2, 0) is 4.74 Å².